The van der Waals surface area contributed by atoms with Crippen LogP contribution < -0.4 is 0 Å². The van der Waals surface area contributed by atoms with Crippen LogP contribution in [0.4, 0.5) is 0 Å². The summed E-state index contributed by atoms with van der Waals surface area (Å²) < 4.78 is 71.8. The Hall–Kier alpha value is -0.380. The summed E-state index contributed by atoms with van der Waals surface area (Å²) in [6.07, 6.45) is -8.97. The van der Waals surface area contributed by atoms with Crippen LogP contribution in [0.2, 0.25) is 0 Å². The van der Waals surface area contributed by atoms with Gasteiger partial charge in [-0.1, -0.05) is 0 Å². The second-order valence-corrected chi connectivity index (χ2v) is 5.80. The molecule has 1 fully saturated rings. The highest BCUT2D eigenvalue weighted by atomic mass is 32.3. The van der Waals surface area contributed by atoms with Crippen molar-refractivity contribution in [3.8, 4) is 0 Å². The Kier molecular flexibility index (Phi) is 4.87. The minimum absolute atomic E-state index is 1.19. The van der Waals surface area contributed by atoms with Gasteiger partial charge in [-0.2, -0.15) is 16.8 Å². The van der Waals surface area contributed by atoms with Crippen LogP contribution in [0.5, 0.6) is 0 Å². The van der Waals surface area contributed by atoms with E-state index in [0.29, 0.717) is 0 Å². The largest absolute Gasteiger partial charge is 0.397 e. The number of hydrogen-bond donors (Lipinski definition) is 4. The molecule has 1 aliphatic rings. The third-order valence-corrected chi connectivity index (χ3v) is 3.17. The molecule has 0 amide bonds. The minimum Gasteiger partial charge on any atom is -0.387 e. The summed E-state index contributed by atoms with van der Waals surface area (Å²) >= 11 is 0. The zero-order chi connectivity index (χ0) is 15.0. The summed E-state index contributed by atoms with van der Waals surface area (Å²) in [4.78, 5) is 0. The predicted octanol–water partition coefficient (Wildman–Crippen LogP) is -2.54. The van der Waals surface area contributed by atoms with Gasteiger partial charge in [-0.15, -0.1) is 0 Å². The molecule has 0 aromatic rings. The van der Waals surface area contributed by atoms with Gasteiger partial charge in [0.1, 0.15) is 12.2 Å². The van der Waals surface area contributed by atoms with Crippen molar-refractivity contribution in [3.05, 3.63) is 0 Å². The summed E-state index contributed by atoms with van der Waals surface area (Å²) in [5.74, 6) is 0. The van der Waals surface area contributed by atoms with E-state index in [1.54, 1.807) is 0 Å². The van der Waals surface area contributed by atoms with Gasteiger partial charge < -0.3 is 14.9 Å². The highest BCUT2D eigenvalue weighted by Crippen LogP contribution is 2.26. The highest BCUT2D eigenvalue weighted by molar-refractivity contribution is 7.81. The van der Waals surface area contributed by atoms with Gasteiger partial charge in [0, 0.05) is 0 Å². The van der Waals surface area contributed by atoms with Crippen LogP contribution in [0, 0.1) is 0 Å². The SMILES string of the molecule is C[C@@H]1O[C@@H](O)[C@@H](OS(=O)(=O)O)[C@H](O)[C@@H]1OS(=O)(=O)O. The molecule has 0 radical (unpaired) electrons. The summed E-state index contributed by atoms with van der Waals surface area (Å²) in [7, 11) is -10.0. The molecule has 11 nitrogen and oxygen atoms in total. The molecule has 0 unspecified atom stereocenters. The summed E-state index contributed by atoms with van der Waals surface area (Å²) in [5, 5.41) is 19.0. The highest BCUT2D eigenvalue weighted by Gasteiger charge is 2.48. The molecule has 0 aliphatic carbocycles. The standard InChI is InChI=1S/C6H12O11S2/c1-2-4(16-18(9,10)11)3(7)5(6(8)15-2)17-19(12,13)14/h2-8H,1H3,(H,9,10,11)(H,12,13,14)/t2-,3+,4+,5-,6+/m0/s1. The number of hydrogen-bond acceptors (Lipinski definition) is 9. The molecule has 13 heteroatoms. The van der Waals surface area contributed by atoms with E-state index in [-0.39, 0.29) is 0 Å². The number of rotatable bonds is 4. The normalized spacial score (nSPS) is 37.2. The molecule has 114 valence electrons. The zero-order valence-corrected chi connectivity index (χ0v) is 11.0. The first-order chi connectivity index (χ1) is 8.41. The van der Waals surface area contributed by atoms with Crippen LogP contribution >= 0.6 is 0 Å². The molecular formula is C6H12O11S2. The van der Waals surface area contributed by atoms with Crippen LogP contribution in [0.1, 0.15) is 6.92 Å². The first-order valence-electron chi connectivity index (χ1n) is 4.74. The van der Waals surface area contributed by atoms with E-state index in [0.717, 1.165) is 0 Å². The number of aliphatic hydroxyl groups excluding tert-OH is 2. The molecule has 1 heterocycles. The van der Waals surface area contributed by atoms with Gasteiger partial charge in [-0.3, -0.25) is 9.11 Å². The van der Waals surface area contributed by atoms with E-state index in [9.17, 15) is 27.0 Å². The van der Waals surface area contributed by atoms with Gasteiger partial charge in [0.05, 0.1) is 6.10 Å². The van der Waals surface area contributed by atoms with E-state index in [1.165, 1.54) is 6.92 Å². The average molecular weight is 324 g/mol. The molecule has 19 heavy (non-hydrogen) atoms. The second kappa shape index (κ2) is 5.55. The zero-order valence-electron chi connectivity index (χ0n) is 9.35. The molecule has 4 N–H and O–H groups in total. The Bertz CT molecular complexity index is 463. The maximum Gasteiger partial charge on any atom is 0.397 e. The van der Waals surface area contributed by atoms with Gasteiger partial charge in [0.25, 0.3) is 0 Å². The van der Waals surface area contributed by atoms with Crippen molar-refractivity contribution < 1.29 is 49.3 Å². The second-order valence-electron chi connectivity index (χ2n) is 3.70. The number of ether oxygens (including phenoxy) is 1. The fourth-order valence-electron chi connectivity index (χ4n) is 1.53. The van der Waals surface area contributed by atoms with Crippen molar-refractivity contribution >= 4 is 20.8 Å². The molecule has 5 atom stereocenters. The van der Waals surface area contributed by atoms with E-state index < -0.39 is 51.5 Å². The molecule has 1 saturated heterocycles. The van der Waals surface area contributed by atoms with Gasteiger partial charge in [0.2, 0.25) is 0 Å². The van der Waals surface area contributed by atoms with Crippen molar-refractivity contribution in [1.29, 1.82) is 0 Å². The van der Waals surface area contributed by atoms with Crippen LogP contribution in [0.15, 0.2) is 0 Å². The lowest BCUT2D eigenvalue weighted by Crippen LogP contribution is -2.59. The van der Waals surface area contributed by atoms with Gasteiger partial charge in [-0.25, -0.2) is 8.37 Å². The van der Waals surface area contributed by atoms with Crippen LogP contribution in [0.25, 0.3) is 0 Å². The lowest BCUT2D eigenvalue weighted by molar-refractivity contribution is -0.266. The molecule has 1 aliphatic heterocycles. The van der Waals surface area contributed by atoms with Crippen LogP contribution in [0.3, 0.4) is 0 Å². The molecule has 0 aromatic carbocycles. The first-order valence-corrected chi connectivity index (χ1v) is 7.47. The quantitative estimate of drug-likeness (QED) is 0.400. The third kappa shape index (κ3) is 4.90. The molecule has 0 aromatic heterocycles. The van der Waals surface area contributed by atoms with E-state index >= 15 is 0 Å². The lowest BCUT2D eigenvalue weighted by Gasteiger charge is -2.39. The fourth-order valence-corrected chi connectivity index (χ4v) is 2.57. The van der Waals surface area contributed by atoms with E-state index in [2.05, 4.69) is 13.1 Å². The Balaban J connectivity index is 2.95. The Morgan fingerprint density at radius 1 is 0.947 bits per heavy atom. The van der Waals surface area contributed by atoms with Crippen molar-refractivity contribution in [2.24, 2.45) is 0 Å². The Morgan fingerprint density at radius 3 is 1.79 bits per heavy atom. The van der Waals surface area contributed by atoms with Crippen molar-refractivity contribution in [2.75, 3.05) is 0 Å². The topological polar surface area (TPSA) is 177 Å². The monoisotopic (exact) mass is 324 g/mol. The van der Waals surface area contributed by atoms with Gasteiger partial charge in [0.15, 0.2) is 12.4 Å². The average Bonchev–Trinajstić information content (AvgIpc) is 2.16. The summed E-state index contributed by atoms with van der Waals surface area (Å²) in [6, 6.07) is 0. The van der Waals surface area contributed by atoms with Crippen molar-refractivity contribution in [1.82, 2.24) is 0 Å². The summed E-state index contributed by atoms with van der Waals surface area (Å²) in [6.45, 7) is 1.19. The molecular weight excluding hydrogens is 312 g/mol. The van der Waals surface area contributed by atoms with Crippen LogP contribution in [-0.2, 0) is 33.9 Å². The van der Waals surface area contributed by atoms with E-state index in [4.69, 9.17) is 9.11 Å². The fraction of sp³-hybridized carbons (Fsp3) is 1.00. The summed E-state index contributed by atoms with van der Waals surface area (Å²) in [5.41, 5.74) is 0. The molecule has 1 rings (SSSR count). The maximum atomic E-state index is 10.6. The number of aliphatic hydroxyl groups is 2. The van der Waals surface area contributed by atoms with Crippen molar-refractivity contribution in [3.63, 3.8) is 0 Å². The third-order valence-electron chi connectivity index (χ3n) is 2.24. The maximum absolute atomic E-state index is 10.6. The van der Waals surface area contributed by atoms with Crippen LogP contribution in [-0.4, -0.2) is 66.9 Å². The smallest absolute Gasteiger partial charge is 0.387 e. The lowest BCUT2D eigenvalue weighted by atomic mass is 10.0. The predicted molar refractivity (Wildman–Crippen MR) is 55.4 cm³/mol. The Morgan fingerprint density at radius 2 is 1.37 bits per heavy atom. The van der Waals surface area contributed by atoms with Gasteiger partial charge in [-0.05, 0) is 6.92 Å². The van der Waals surface area contributed by atoms with Gasteiger partial charge >= 0.3 is 20.8 Å². The minimum atomic E-state index is -5.04. The Labute approximate surface area is 108 Å². The first kappa shape index (κ1) is 16.7. The molecule has 0 spiro atoms. The molecule has 0 bridgehead atoms. The van der Waals surface area contributed by atoms with E-state index in [1.807, 2.05) is 0 Å². The molecule has 0 saturated carbocycles. The van der Waals surface area contributed by atoms with Crippen molar-refractivity contribution in [2.45, 2.75) is 37.6 Å².